The maximum atomic E-state index is 13.5. The van der Waals surface area contributed by atoms with Crippen molar-refractivity contribution in [2.24, 2.45) is 5.92 Å². The predicted molar refractivity (Wildman–Crippen MR) is 131 cm³/mol. The molecule has 0 amide bonds. The van der Waals surface area contributed by atoms with E-state index in [4.69, 9.17) is 4.74 Å². The van der Waals surface area contributed by atoms with E-state index in [1.54, 1.807) is 18.4 Å². The number of likely N-dealkylation sites (tertiary alicyclic amines) is 1. The van der Waals surface area contributed by atoms with Crippen molar-refractivity contribution in [3.8, 4) is 16.2 Å². The normalized spacial score (nSPS) is 20.3. The maximum Gasteiger partial charge on any atom is 0.259 e. The van der Waals surface area contributed by atoms with Gasteiger partial charge in [-0.25, -0.2) is 0 Å². The third-order valence-corrected chi connectivity index (χ3v) is 8.09. The Morgan fingerprint density at radius 3 is 2.66 bits per heavy atom. The molecule has 1 saturated heterocycles. The first kappa shape index (κ1) is 19.8. The zero-order chi connectivity index (χ0) is 21.7. The molecule has 2 atom stereocenters. The van der Waals surface area contributed by atoms with Gasteiger partial charge in [-0.15, -0.1) is 11.3 Å². The number of methoxy groups -OCH3 is 1. The molecule has 2 aromatic heterocycles. The van der Waals surface area contributed by atoms with Crippen LogP contribution in [0, 0.1) is 5.92 Å². The third kappa shape index (κ3) is 3.46. The molecule has 4 heterocycles. The van der Waals surface area contributed by atoms with Crippen LogP contribution in [-0.2, 0) is 13.1 Å². The number of ether oxygens (including phenoxy) is 1. The Morgan fingerprint density at radius 1 is 1.00 bits per heavy atom. The number of aromatic nitrogens is 1. The fraction of sp³-hybridized carbons (Fsp3) is 0.296. The van der Waals surface area contributed by atoms with Crippen molar-refractivity contribution in [3.05, 3.63) is 88.3 Å². The first-order chi connectivity index (χ1) is 15.7. The lowest BCUT2D eigenvalue weighted by Gasteiger charge is -2.43. The molecule has 0 aliphatic carbocycles. The first-order valence-electron chi connectivity index (χ1n) is 11.3. The molecule has 1 fully saturated rings. The maximum absolute atomic E-state index is 13.5. The van der Waals surface area contributed by atoms with Crippen LogP contribution < -0.4 is 10.3 Å². The average molecular weight is 443 g/mol. The number of benzene rings is 2. The summed E-state index contributed by atoms with van der Waals surface area (Å²) in [5, 5.41) is 1.21. The van der Waals surface area contributed by atoms with E-state index in [-0.39, 0.29) is 5.56 Å². The second-order valence-electron chi connectivity index (χ2n) is 9.08. The van der Waals surface area contributed by atoms with E-state index in [9.17, 15) is 4.79 Å². The summed E-state index contributed by atoms with van der Waals surface area (Å²) in [6.07, 6.45) is 1.18. The highest BCUT2D eigenvalue weighted by Gasteiger charge is 2.35. The van der Waals surface area contributed by atoms with Gasteiger partial charge in [-0.1, -0.05) is 30.3 Å². The van der Waals surface area contributed by atoms with Crippen LogP contribution in [0.4, 0.5) is 0 Å². The molecule has 0 unspecified atom stereocenters. The van der Waals surface area contributed by atoms with E-state index in [2.05, 4.69) is 64.1 Å². The Hall–Kier alpha value is -2.89. The van der Waals surface area contributed by atoms with Gasteiger partial charge in [-0.3, -0.25) is 9.69 Å². The summed E-state index contributed by atoms with van der Waals surface area (Å²) >= 11 is 1.71. The number of fused-ring (bicyclic) bond motifs is 5. The fourth-order valence-corrected chi connectivity index (χ4v) is 6.54. The summed E-state index contributed by atoms with van der Waals surface area (Å²) in [6.45, 7) is 3.81. The van der Waals surface area contributed by atoms with Crippen LogP contribution >= 0.6 is 11.3 Å². The average Bonchev–Trinajstić information content (AvgIpc) is 3.24. The highest BCUT2D eigenvalue weighted by molar-refractivity contribution is 7.22. The van der Waals surface area contributed by atoms with Crippen LogP contribution in [0.2, 0.25) is 0 Å². The van der Waals surface area contributed by atoms with Crippen molar-refractivity contribution in [1.82, 2.24) is 9.47 Å². The molecule has 0 radical (unpaired) electrons. The molecule has 5 heteroatoms. The quantitative estimate of drug-likeness (QED) is 0.427. The fourth-order valence-electron chi connectivity index (χ4n) is 5.47. The Kier molecular flexibility index (Phi) is 4.89. The van der Waals surface area contributed by atoms with Crippen molar-refractivity contribution in [1.29, 1.82) is 0 Å². The summed E-state index contributed by atoms with van der Waals surface area (Å²) in [5.41, 5.74) is 3.52. The lowest BCUT2D eigenvalue weighted by molar-refractivity contribution is 0.114. The number of pyridine rings is 1. The van der Waals surface area contributed by atoms with Crippen LogP contribution in [0.15, 0.2) is 71.5 Å². The Labute approximate surface area is 191 Å². The summed E-state index contributed by atoms with van der Waals surface area (Å²) in [7, 11) is 1.70. The molecule has 2 aliphatic heterocycles. The monoisotopic (exact) mass is 442 g/mol. The first-order valence-corrected chi connectivity index (χ1v) is 12.1. The molecule has 4 nitrogen and oxygen atoms in total. The van der Waals surface area contributed by atoms with Crippen molar-refractivity contribution in [2.75, 3.05) is 20.2 Å². The van der Waals surface area contributed by atoms with Crippen LogP contribution in [0.25, 0.3) is 20.5 Å². The smallest absolute Gasteiger partial charge is 0.259 e. The van der Waals surface area contributed by atoms with Crippen LogP contribution in [-0.4, -0.2) is 29.7 Å². The van der Waals surface area contributed by atoms with E-state index >= 15 is 0 Å². The molecular weight excluding hydrogens is 416 g/mol. The second kappa shape index (κ2) is 7.91. The van der Waals surface area contributed by atoms with E-state index in [0.717, 1.165) is 42.4 Å². The Bertz CT molecular complexity index is 1310. The lowest BCUT2D eigenvalue weighted by Crippen LogP contribution is -2.46. The molecule has 0 spiro atoms. The minimum atomic E-state index is 0.173. The number of piperidine rings is 1. The zero-order valence-corrected chi connectivity index (χ0v) is 19.0. The summed E-state index contributed by atoms with van der Waals surface area (Å²) < 4.78 is 8.59. The van der Waals surface area contributed by atoms with Gasteiger partial charge >= 0.3 is 0 Å². The van der Waals surface area contributed by atoms with Crippen LogP contribution in [0.5, 0.6) is 5.75 Å². The SMILES string of the molecule is COc1ccc(CN2C[C@H]3C[C@H](C2)c2ccc(-c4cc5ccccc5s4)c(=O)n2C3)cc1. The number of hydrogen-bond donors (Lipinski definition) is 0. The number of nitrogens with zero attached hydrogens (tertiary/aromatic N) is 2. The van der Waals surface area contributed by atoms with Gasteiger partial charge in [0, 0.05) is 47.4 Å². The number of hydrogen-bond acceptors (Lipinski definition) is 4. The van der Waals surface area contributed by atoms with Gasteiger partial charge < -0.3 is 9.30 Å². The van der Waals surface area contributed by atoms with Gasteiger partial charge in [-0.2, -0.15) is 0 Å². The summed E-state index contributed by atoms with van der Waals surface area (Å²) in [6, 6.07) is 23.1. The molecule has 2 aromatic carbocycles. The van der Waals surface area contributed by atoms with Crippen molar-refractivity contribution in [3.63, 3.8) is 0 Å². The van der Waals surface area contributed by atoms with Gasteiger partial charge in [0.25, 0.3) is 5.56 Å². The largest absolute Gasteiger partial charge is 0.497 e. The van der Waals surface area contributed by atoms with E-state index < -0.39 is 0 Å². The van der Waals surface area contributed by atoms with Crippen molar-refractivity contribution >= 4 is 21.4 Å². The molecular formula is C27H26N2O2S. The van der Waals surface area contributed by atoms with Crippen LogP contribution in [0.1, 0.15) is 23.6 Å². The lowest BCUT2D eigenvalue weighted by atomic mass is 9.82. The van der Waals surface area contributed by atoms with Gasteiger partial charge in [0.05, 0.1) is 12.7 Å². The molecule has 162 valence electrons. The highest BCUT2D eigenvalue weighted by Crippen LogP contribution is 2.37. The van der Waals surface area contributed by atoms with E-state index in [0.29, 0.717) is 11.8 Å². The van der Waals surface area contributed by atoms with Crippen LogP contribution in [0.3, 0.4) is 0 Å². The van der Waals surface area contributed by atoms with E-state index in [1.807, 2.05) is 12.1 Å². The zero-order valence-electron chi connectivity index (χ0n) is 18.2. The standard InChI is InChI=1S/C27H26N2O2S/c1-31-22-8-6-18(7-9-22)14-28-15-19-12-21(17-28)24-11-10-23(27(30)29(24)16-19)26-13-20-4-2-3-5-25(20)32-26/h2-11,13,19,21H,12,14-17H2,1H3/t19-,21-/m1/s1. The number of rotatable bonds is 4. The van der Waals surface area contributed by atoms with Crippen molar-refractivity contribution in [2.45, 2.75) is 25.4 Å². The Balaban J connectivity index is 1.28. The van der Waals surface area contributed by atoms with Gasteiger partial charge in [0.1, 0.15) is 5.75 Å². The minimum absolute atomic E-state index is 0.173. The van der Waals surface area contributed by atoms with E-state index in [1.165, 1.54) is 27.8 Å². The second-order valence-corrected chi connectivity index (χ2v) is 10.2. The molecule has 0 N–H and O–H groups in total. The molecule has 2 aliphatic rings. The van der Waals surface area contributed by atoms with Gasteiger partial charge in [0.2, 0.25) is 0 Å². The minimum Gasteiger partial charge on any atom is -0.497 e. The molecule has 32 heavy (non-hydrogen) atoms. The topological polar surface area (TPSA) is 34.5 Å². The predicted octanol–water partition coefficient (Wildman–Crippen LogP) is 5.36. The van der Waals surface area contributed by atoms with Crippen molar-refractivity contribution < 1.29 is 4.74 Å². The Morgan fingerprint density at radius 2 is 1.84 bits per heavy atom. The third-order valence-electron chi connectivity index (χ3n) is 6.94. The van der Waals surface area contributed by atoms with Gasteiger partial charge in [-0.05, 0) is 59.7 Å². The molecule has 0 saturated carbocycles. The molecule has 6 rings (SSSR count). The van der Waals surface area contributed by atoms with Gasteiger partial charge in [0.15, 0.2) is 0 Å². The summed E-state index contributed by atoms with van der Waals surface area (Å²) in [5.74, 6) is 1.84. The highest BCUT2D eigenvalue weighted by atomic mass is 32.1. The molecule has 4 aromatic rings. The number of thiophene rings is 1. The summed E-state index contributed by atoms with van der Waals surface area (Å²) in [4.78, 5) is 17.1. The molecule has 2 bridgehead atoms.